The Hall–Kier alpha value is -2.25. The van der Waals surface area contributed by atoms with Crippen molar-refractivity contribution in [3.05, 3.63) is 22.5 Å². The summed E-state index contributed by atoms with van der Waals surface area (Å²) in [4.78, 5) is 29.8. The number of carbonyl (C=O) groups is 1. The van der Waals surface area contributed by atoms with Crippen molar-refractivity contribution in [1.29, 1.82) is 0 Å². The fourth-order valence-electron chi connectivity index (χ4n) is 0.822. The van der Waals surface area contributed by atoms with Gasteiger partial charge in [-0.2, -0.15) is 9.55 Å². The summed E-state index contributed by atoms with van der Waals surface area (Å²) in [6.07, 6.45) is 0.176. The lowest BCUT2D eigenvalue weighted by Gasteiger charge is -2.03. The summed E-state index contributed by atoms with van der Waals surface area (Å²) in [5, 5.41) is 8.51. The number of nitrogens with zero attached hydrogens (tertiary/aromatic N) is 4. The van der Waals surface area contributed by atoms with Crippen LogP contribution in [0.25, 0.3) is 0 Å². The summed E-state index contributed by atoms with van der Waals surface area (Å²) in [6.45, 7) is 0. The Kier molecular flexibility index (Phi) is 3.33. The molecule has 1 aromatic rings. The van der Waals surface area contributed by atoms with Gasteiger partial charge in [0.1, 0.15) is 0 Å². The van der Waals surface area contributed by atoms with E-state index in [1.165, 1.54) is 11.2 Å². The van der Waals surface area contributed by atoms with Crippen molar-refractivity contribution < 1.29 is 14.3 Å². The maximum Gasteiger partial charge on any atom is 0.419 e. The van der Waals surface area contributed by atoms with Gasteiger partial charge in [0.15, 0.2) is 11.6 Å². The Morgan fingerprint density at radius 2 is 2.31 bits per heavy atom. The summed E-state index contributed by atoms with van der Waals surface area (Å²) < 4.78 is 13.4. The van der Waals surface area contributed by atoms with E-state index in [0.717, 1.165) is 0 Å². The van der Waals surface area contributed by atoms with Crippen LogP contribution in [-0.4, -0.2) is 46.1 Å². The zero-order chi connectivity index (χ0) is 12.3. The molecule has 0 fully saturated rings. The summed E-state index contributed by atoms with van der Waals surface area (Å²) >= 11 is 0. The van der Waals surface area contributed by atoms with E-state index in [-0.39, 0.29) is 4.57 Å². The summed E-state index contributed by atoms with van der Waals surface area (Å²) in [7, 11) is 3.31. The van der Waals surface area contributed by atoms with E-state index in [4.69, 9.17) is 5.11 Å². The maximum atomic E-state index is 13.2. The second-order valence-corrected chi connectivity index (χ2v) is 3.06. The minimum absolute atomic E-state index is 0.143. The fraction of sp³-hybridized carbons (Fsp3) is 0.250. The smallest absolute Gasteiger partial charge is 0.419 e. The van der Waals surface area contributed by atoms with Gasteiger partial charge in [0.2, 0.25) is 0 Å². The van der Waals surface area contributed by atoms with Crippen LogP contribution in [0.4, 0.5) is 15.0 Å². The molecule has 1 rings (SSSR count). The first-order chi connectivity index (χ1) is 7.41. The van der Waals surface area contributed by atoms with Crippen LogP contribution in [0.3, 0.4) is 0 Å². The third-order valence-electron chi connectivity index (χ3n) is 1.48. The van der Waals surface area contributed by atoms with Crippen LogP contribution in [0.2, 0.25) is 0 Å². The van der Waals surface area contributed by atoms with E-state index >= 15 is 0 Å². The molecule has 0 aliphatic rings. The third kappa shape index (κ3) is 2.62. The highest BCUT2D eigenvalue weighted by atomic mass is 19.1. The number of hydrogen-bond donors (Lipinski definition) is 1. The number of carboxylic acid groups (broad SMARTS) is 1. The van der Waals surface area contributed by atoms with E-state index in [9.17, 15) is 14.0 Å². The molecule has 7 nitrogen and oxygen atoms in total. The van der Waals surface area contributed by atoms with Crippen molar-refractivity contribution in [2.75, 3.05) is 14.1 Å². The van der Waals surface area contributed by atoms with Gasteiger partial charge in [0, 0.05) is 14.1 Å². The zero-order valence-corrected chi connectivity index (χ0v) is 8.59. The van der Waals surface area contributed by atoms with Crippen molar-refractivity contribution >= 4 is 18.2 Å². The molecule has 86 valence electrons. The lowest BCUT2D eigenvalue weighted by atomic mass is 10.5. The number of hydrogen-bond acceptors (Lipinski definition) is 4. The molecule has 0 radical (unpaired) electrons. The Bertz CT molecular complexity index is 495. The van der Waals surface area contributed by atoms with Gasteiger partial charge in [-0.05, 0) is 0 Å². The molecule has 16 heavy (non-hydrogen) atoms. The topological polar surface area (TPSA) is 87.8 Å². The Balaban J connectivity index is 3.21. The summed E-state index contributed by atoms with van der Waals surface area (Å²) in [5.74, 6) is -1.43. The Morgan fingerprint density at radius 3 is 2.81 bits per heavy atom. The molecule has 0 aromatic carbocycles. The fourth-order valence-corrected chi connectivity index (χ4v) is 0.822. The van der Waals surface area contributed by atoms with E-state index in [1.54, 1.807) is 14.1 Å². The van der Waals surface area contributed by atoms with Crippen LogP contribution < -0.4 is 5.69 Å². The molecule has 0 amide bonds. The minimum atomic E-state index is -1.60. The van der Waals surface area contributed by atoms with E-state index in [1.807, 2.05) is 0 Å². The normalized spacial score (nSPS) is 10.7. The average Bonchev–Trinajstić information content (AvgIpc) is 2.18. The monoisotopic (exact) mass is 228 g/mol. The van der Waals surface area contributed by atoms with Crippen molar-refractivity contribution in [3.63, 3.8) is 0 Å². The van der Waals surface area contributed by atoms with Gasteiger partial charge in [0.05, 0.1) is 12.5 Å². The number of rotatable bonds is 2. The summed E-state index contributed by atoms with van der Waals surface area (Å²) in [5.41, 5.74) is -1.10. The van der Waals surface area contributed by atoms with E-state index in [0.29, 0.717) is 6.20 Å². The van der Waals surface area contributed by atoms with Crippen LogP contribution in [0.1, 0.15) is 0 Å². The predicted octanol–water partition coefficient (Wildman–Crippen LogP) is 0.130. The van der Waals surface area contributed by atoms with Crippen LogP contribution in [-0.2, 0) is 0 Å². The molecule has 0 atom stereocenters. The van der Waals surface area contributed by atoms with Gasteiger partial charge in [0.25, 0.3) is 0 Å². The van der Waals surface area contributed by atoms with Gasteiger partial charge in [-0.3, -0.25) is 0 Å². The van der Waals surface area contributed by atoms with Crippen LogP contribution in [0.15, 0.2) is 16.0 Å². The average molecular weight is 228 g/mol. The van der Waals surface area contributed by atoms with Gasteiger partial charge in [-0.25, -0.2) is 19.0 Å². The van der Waals surface area contributed by atoms with Crippen LogP contribution in [0.5, 0.6) is 0 Å². The molecule has 1 heterocycles. The second kappa shape index (κ2) is 4.51. The molecule has 8 heteroatoms. The van der Waals surface area contributed by atoms with E-state index < -0.39 is 23.4 Å². The van der Waals surface area contributed by atoms with E-state index in [2.05, 4.69) is 9.98 Å². The van der Waals surface area contributed by atoms with Crippen molar-refractivity contribution in [3.8, 4) is 0 Å². The Morgan fingerprint density at radius 1 is 1.69 bits per heavy atom. The van der Waals surface area contributed by atoms with Gasteiger partial charge in [-0.1, -0.05) is 0 Å². The standard InChI is InChI=1S/C8H9FN4O3/c1-12(2)4-10-6-5(9)3-13(8(15)16)7(14)11-6/h3-4H,1-2H3,(H,15,16). The lowest BCUT2D eigenvalue weighted by Crippen LogP contribution is -2.28. The molecule has 1 aromatic heterocycles. The SMILES string of the molecule is CN(C)C=Nc1nc(=O)n(C(=O)O)cc1F. The van der Waals surface area contributed by atoms with Crippen LogP contribution in [0, 0.1) is 5.82 Å². The molecule has 0 spiro atoms. The molecular weight excluding hydrogens is 219 g/mol. The van der Waals surface area contributed by atoms with Crippen molar-refractivity contribution in [2.45, 2.75) is 0 Å². The Labute approximate surface area is 89.5 Å². The molecule has 0 saturated heterocycles. The maximum absolute atomic E-state index is 13.2. The van der Waals surface area contributed by atoms with Gasteiger partial charge in [-0.15, -0.1) is 0 Å². The molecular formula is C8H9FN4O3. The zero-order valence-electron chi connectivity index (χ0n) is 8.59. The predicted molar refractivity (Wildman–Crippen MR) is 53.7 cm³/mol. The highest BCUT2D eigenvalue weighted by Crippen LogP contribution is 2.09. The molecule has 0 aliphatic heterocycles. The summed E-state index contributed by atoms with van der Waals surface area (Å²) in [6, 6.07) is 0. The quantitative estimate of drug-likeness (QED) is 0.574. The third-order valence-corrected chi connectivity index (χ3v) is 1.48. The highest BCUT2D eigenvalue weighted by Gasteiger charge is 2.11. The molecule has 0 unspecified atom stereocenters. The number of aromatic nitrogens is 2. The molecule has 0 bridgehead atoms. The highest BCUT2D eigenvalue weighted by molar-refractivity contribution is 5.68. The van der Waals surface area contributed by atoms with Crippen molar-refractivity contribution in [2.24, 2.45) is 4.99 Å². The van der Waals surface area contributed by atoms with Gasteiger partial charge >= 0.3 is 11.8 Å². The second-order valence-electron chi connectivity index (χ2n) is 3.06. The lowest BCUT2D eigenvalue weighted by molar-refractivity contribution is 0.194. The van der Waals surface area contributed by atoms with Crippen molar-refractivity contribution in [1.82, 2.24) is 14.5 Å². The van der Waals surface area contributed by atoms with Crippen LogP contribution >= 0.6 is 0 Å². The minimum Gasteiger partial charge on any atom is -0.464 e. The number of halogens is 1. The first-order valence-electron chi connectivity index (χ1n) is 4.15. The molecule has 1 N–H and O–H groups in total. The molecule has 0 aliphatic carbocycles. The first-order valence-corrected chi connectivity index (χ1v) is 4.15. The largest absolute Gasteiger partial charge is 0.464 e. The van der Waals surface area contributed by atoms with Gasteiger partial charge < -0.3 is 10.0 Å². The molecule has 0 saturated carbocycles. The first kappa shape index (κ1) is 11.8. The number of aliphatic imine (C=N–C) groups is 1.